The van der Waals surface area contributed by atoms with Crippen molar-refractivity contribution < 1.29 is 19.0 Å². The molecule has 3 aromatic rings. The molecule has 0 saturated carbocycles. The van der Waals surface area contributed by atoms with Gasteiger partial charge in [0.2, 0.25) is 5.91 Å². The van der Waals surface area contributed by atoms with Gasteiger partial charge in [-0.25, -0.2) is 9.97 Å². The van der Waals surface area contributed by atoms with Crippen molar-refractivity contribution >= 4 is 33.3 Å². The van der Waals surface area contributed by atoms with Crippen LogP contribution in [-0.4, -0.2) is 74.4 Å². The number of methoxy groups -OCH3 is 2. The summed E-state index contributed by atoms with van der Waals surface area (Å²) in [6.07, 6.45) is 1.87. The minimum absolute atomic E-state index is 0.0275. The Balaban J connectivity index is 1.51. The lowest BCUT2D eigenvalue weighted by atomic mass is 9.95. The summed E-state index contributed by atoms with van der Waals surface area (Å²) in [5, 5.41) is 3.16. The van der Waals surface area contributed by atoms with Gasteiger partial charge in [0.15, 0.2) is 11.5 Å². The molecular weight excluding hydrogens is 452 g/mol. The van der Waals surface area contributed by atoms with Gasteiger partial charge < -0.3 is 24.0 Å². The highest BCUT2D eigenvalue weighted by Gasteiger charge is 2.32. The van der Waals surface area contributed by atoms with Crippen LogP contribution in [0.4, 0.5) is 5.82 Å². The largest absolute Gasteiger partial charge is 0.493 e. The third kappa shape index (κ3) is 4.30. The van der Waals surface area contributed by atoms with Crippen molar-refractivity contribution in [2.75, 3.05) is 58.5 Å². The number of hydrogen-bond acceptors (Lipinski definition) is 8. The summed E-state index contributed by atoms with van der Waals surface area (Å²) in [7, 11) is 3.28. The maximum absolute atomic E-state index is 13.2. The fourth-order valence-corrected chi connectivity index (χ4v) is 5.87. The molecule has 2 aliphatic heterocycles. The van der Waals surface area contributed by atoms with Gasteiger partial charge in [0, 0.05) is 37.1 Å². The third-order valence-electron chi connectivity index (χ3n) is 6.61. The first-order valence-corrected chi connectivity index (χ1v) is 12.6. The molecule has 0 aliphatic carbocycles. The van der Waals surface area contributed by atoms with Gasteiger partial charge in [0.25, 0.3) is 0 Å². The third-order valence-corrected chi connectivity index (χ3v) is 7.49. The Bertz CT molecular complexity index is 1190. The highest BCUT2D eigenvalue weighted by molar-refractivity contribution is 7.17. The molecular formula is C25H30N4O4S. The predicted molar refractivity (Wildman–Crippen MR) is 133 cm³/mol. The number of morpholine rings is 1. The Kier molecular flexibility index (Phi) is 6.56. The summed E-state index contributed by atoms with van der Waals surface area (Å²) in [6, 6.07) is 5.95. The summed E-state index contributed by atoms with van der Waals surface area (Å²) in [4.78, 5) is 28.0. The number of rotatable bonds is 5. The van der Waals surface area contributed by atoms with E-state index in [9.17, 15) is 4.79 Å². The highest BCUT2D eigenvalue weighted by Crippen LogP contribution is 2.41. The molecule has 8 nitrogen and oxygen atoms in total. The number of amides is 1. The monoisotopic (exact) mass is 482 g/mol. The number of ether oxygens (including phenoxy) is 3. The molecule has 0 N–H and O–H groups in total. The van der Waals surface area contributed by atoms with Crippen LogP contribution in [0.25, 0.3) is 21.3 Å². The second kappa shape index (κ2) is 9.76. The van der Waals surface area contributed by atoms with E-state index in [0.717, 1.165) is 52.4 Å². The van der Waals surface area contributed by atoms with Gasteiger partial charge in [0.1, 0.15) is 16.5 Å². The Labute approximate surface area is 203 Å². The maximum atomic E-state index is 13.2. The molecule has 1 atom stereocenters. The van der Waals surface area contributed by atoms with Crippen molar-refractivity contribution in [3.8, 4) is 22.6 Å². The number of aryl methyl sites for hydroxylation is 1. The maximum Gasteiger partial charge on any atom is 0.227 e. The fraction of sp³-hybridized carbons (Fsp3) is 0.480. The molecule has 1 amide bonds. The zero-order valence-electron chi connectivity index (χ0n) is 19.9. The topological polar surface area (TPSA) is 77.0 Å². The first-order valence-electron chi connectivity index (χ1n) is 11.7. The molecule has 4 heterocycles. The van der Waals surface area contributed by atoms with E-state index in [1.54, 1.807) is 25.6 Å². The smallest absolute Gasteiger partial charge is 0.227 e. The van der Waals surface area contributed by atoms with E-state index in [4.69, 9.17) is 24.2 Å². The minimum Gasteiger partial charge on any atom is -0.493 e. The fourth-order valence-electron chi connectivity index (χ4n) is 4.89. The first-order chi connectivity index (χ1) is 16.6. The van der Waals surface area contributed by atoms with Gasteiger partial charge in [-0.15, -0.1) is 11.3 Å². The number of anilines is 1. The van der Waals surface area contributed by atoms with Gasteiger partial charge >= 0.3 is 0 Å². The van der Waals surface area contributed by atoms with Crippen molar-refractivity contribution in [3.63, 3.8) is 0 Å². The van der Waals surface area contributed by atoms with Crippen molar-refractivity contribution in [3.05, 3.63) is 29.4 Å². The zero-order valence-corrected chi connectivity index (χ0v) is 20.7. The number of piperidine rings is 1. The van der Waals surface area contributed by atoms with Gasteiger partial charge in [-0.3, -0.25) is 4.79 Å². The minimum atomic E-state index is -0.0275. The summed E-state index contributed by atoms with van der Waals surface area (Å²) in [5.74, 6) is 3.24. The summed E-state index contributed by atoms with van der Waals surface area (Å²) >= 11 is 1.62. The zero-order chi connectivity index (χ0) is 23.7. The molecule has 9 heteroatoms. The van der Waals surface area contributed by atoms with Crippen molar-refractivity contribution in [2.24, 2.45) is 5.92 Å². The quantitative estimate of drug-likeness (QED) is 0.548. The lowest BCUT2D eigenvalue weighted by Gasteiger charge is -2.37. The SMILES string of the molecule is COc1ccc(-c2csc3nc(C)nc(N4CCC[C@H](C(=O)N5CCOCC5)C4)c23)cc1OC. The lowest BCUT2D eigenvalue weighted by molar-refractivity contribution is -0.139. The number of hydrogen-bond donors (Lipinski definition) is 0. The van der Waals surface area contributed by atoms with Crippen molar-refractivity contribution in [1.82, 2.24) is 14.9 Å². The summed E-state index contributed by atoms with van der Waals surface area (Å²) in [5.41, 5.74) is 2.09. The van der Waals surface area contributed by atoms with E-state index in [1.165, 1.54) is 0 Å². The Morgan fingerprint density at radius 1 is 1.12 bits per heavy atom. The van der Waals surface area contributed by atoms with Crippen molar-refractivity contribution in [1.29, 1.82) is 0 Å². The summed E-state index contributed by atoms with van der Waals surface area (Å²) < 4.78 is 16.4. The molecule has 34 heavy (non-hydrogen) atoms. The first kappa shape index (κ1) is 22.9. The number of nitrogens with zero attached hydrogens (tertiary/aromatic N) is 4. The van der Waals surface area contributed by atoms with Crippen LogP contribution in [0, 0.1) is 12.8 Å². The van der Waals surface area contributed by atoms with Gasteiger partial charge in [-0.2, -0.15) is 0 Å². The van der Waals surface area contributed by atoms with E-state index >= 15 is 0 Å². The standard InChI is InChI=1S/C25H30N4O4S/c1-16-26-23(29-8-4-5-18(14-29)25(30)28-9-11-33-12-10-28)22-19(15-34-24(22)27-16)17-6-7-20(31-2)21(13-17)32-3/h6-7,13,15,18H,4-5,8-12,14H2,1-3H3/t18-/m0/s1. The second-order valence-electron chi connectivity index (χ2n) is 8.72. The number of carbonyl (C=O) groups is 1. The van der Waals surface area contributed by atoms with Crippen LogP contribution < -0.4 is 14.4 Å². The number of thiophene rings is 1. The molecule has 0 spiro atoms. The Morgan fingerprint density at radius 3 is 2.68 bits per heavy atom. The number of carbonyl (C=O) groups excluding carboxylic acids is 1. The van der Waals surface area contributed by atoms with Crippen LogP contribution >= 0.6 is 11.3 Å². The number of benzene rings is 1. The second-order valence-corrected chi connectivity index (χ2v) is 9.57. The average Bonchev–Trinajstić information content (AvgIpc) is 3.31. The van der Waals surface area contributed by atoms with E-state index < -0.39 is 0 Å². The molecule has 2 aliphatic rings. The van der Waals surface area contributed by atoms with Gasteiger partial charge in [0.05, 0.1) is 38.7 Å². The molecule has 180 valence electrons. The van der Waals surface area contributed by atoms with Crippen LogP contribution in [0.15, 0.2) is 23.6 Å². The Morgan fingerprint density at radius 2 is 1.91 bits per heavy atom. The molecule has 2 aromatic heterocycles. The molecule has 0 bridgehead atoms. The molecule has 1 aromatic carbocycles. The van der Waals surface area contributed by atoms with Crippen LogP contribution in [0.2, 0.25) is 0 Å². The predicted octanol–water partition coefficient (Wildman–Crippen LogP) is 3.76. The van der Waals surface area contributed by atoms with Gasteiger partial charge in [-0.1, -0.05) is 6.07 Å². The van der Waals surface area contributed by atoms with Crippen LogP contribution in [-0.2, 0) is 9.53 Å². The highest BCUT2D eigenvalue weighted by atomic mass is 32.1. The van der Waals surface area contributed by atoms with Crippen molar-refractivity contribution in [2.45, 2.75) is 19.8 Å². The number of fused-ring (bicyclic) bond motifs is 1. The molecule has 2 fully saturated rings. The van der Waals surface area contributed by atoms with Crippen LogP contribution in [0.3, 0.4) is 0 Å². The molecule has 0 unspecified atom stereocenters. The molecule has 5 rings (SSSR count). The Hall–Kier alpha value is -2.91. The van der Waals surface area contributed by atoms with E-state index in [2.05, 4.69) is 10.3 Å². The number of aromatic nitrogens is 2. The van der Waals surface area contributed by atoms with Crippen LogP contribution in [0.5, 0.6) is 11.5 Å². The molecule has 2 saturated heterocycles. The molecule has 0 radical (unpaired) electrons. The van der Waals surface area contributed by atoms with Gasteiger partial charge in [-0.05, 0) is 37.5 Å². The lowest BCUT2D eigenvalue weighted by Crippen LogP contribution is -2.48. The van der Waals surface area contributed by atoms with E-state index in [1.807, 2.05) is 30.0 Å². The normalized spacial score (nSPS) is 18.9. The van der Waals surface area contributed by atoms with E-state index in [0.29, 0.717) is 44.3 Å². The van der Waals surface area contributed by atoms with Crippen LogP contribution in [0.1, 0.15) is 18.7 Å². The summed E-state index contributed by atoms with van der Waals surface area (Å²) in [6.45, 7) is 6.08. The average molecular weight is 483 g/mol. The van der Waals surface area contributed by atoms with E-state index in [-0.39, 0.29) is 11.8 Å².